The third kappa shape index (κ3) is 2.27. The number of rotatable bonds is 0. The van der Waals surface area contributed by atoms with Crippen LogP contribution < -0.4 is 0 Å². The van der Waals surface area contributed by atoms with E-state index in [1.807, 2.05) is 4.90 Å². The lowest BCUT2D eigenvalue weighted by atomic mass is 9.99. The molecule has 66 valence electrons. The van der Waals surface area contributed by atoms with E-state index in [1.54, 1.807) is 6.92 Å². The molecule has 2 heteroatoms. The summed E-state index contributed by atoms with van der Waals surface area (Å²) in [5.41, 5.74) is 0. The molecule has 0 bridgehead atoms. The molecule has 1 aliphatic rings. The normalized spacial score (nSPS) is 18.3. The lowest BCUT2D eigenvalue weighted by molar-refractivity contribution is -0.126. The minimum absolute atomic E-state index is 0.00981. The van der Waals surface area contributed by atoms with Crippen LogP contribution in [0.5, 0.6) is 0 Å². The van der Waals surface area contributed by atoms with E-state index >= 15 is 0 Å². The molecule has 0 aliphatic carbocycles. The van der Waals surface area contributed by atoms with Crippen molar-refractivity contribution >= 4 is 5.91 Å². The molecule has 2 nitrogen and oxygen atoms in total. The smallest absolute Gasteiger partial charge is 0.298 e. The van der Waals surface area contributed by atoms with Crippen molar-refractivity contribution < 1.29 is 4.79 Å². The molecule has 1 saturated heterocycles. The van der Waals surface area contributed by atoms with E-state index in [0.29, 0.717) is 0 Å². The van der Waals surface area contributed by atoms with Crippen LogP contribution in [0.2, 0.25) is 0 Å². The Kier molecular flexibility index (Phi) is 3.16. The van der Waals surface area contributed by atoms with E-state index in [1.165, 1.54) is 0 Å². The Morgan fingerprint density at radius 3 is 2.50 bits per heavy atom. The second kappa shape index (κ2) is 4.15. The highest BCUT2D eigenvalue weighted by molar-refractivity contribution is 5.93. The summed E-state index contributed by atoms with van der Waals surface area (Å²) in [4.78, 5) is 13.1. The summed E-state index contributed by atoms with van der Waals surface area (Å²) in [6.07, 6.45) is 2.24. The molecule has 12 heavy (non-hydrogen) atoms. The van der Waals surface area contributed by atoms with E-state index in [0.717, 1.165) is 31.8 Å². The molecule has 0 atom stereocenters. The maximum absolute atomic E-state index is 11.3. The van der Waals surface area contributed by atoms with Crippen LogP contribution in [0.15, 0.2) is 0 Å². The van der Waals surface area contributed by atoms with Gasteiger partial charge >= 0.3 is 0 Å². The van der Waals surface area contributed by atoms with Crippen molar-refractivity contribution in [3.05, 3.63) is 0 Å². The highest BCUT2D eigenvalue weighted by Crippen LogP contribution is 2.15. The molecular weight excluding hydrogens is 150 g/mol. The number of piperidine rings is 1. The summed E-state index contributed by atoms with van der Waals surface area (Å²) in [6.45, 7) is 5.70. The van der Waals surface area contributed by atoms with Gasteiger partial charge in [-0.3, -0.25) is 4.79 Å². The molecular formula is C10H15NO. The summed E-state index contributed by atoms with van der Waals surface area (Å²) < 4.78 is 0. The van der Waals surface area contributed by atoms with Crippen LogP contribution in [-0.2, 0) is 4.79 Å². The quantitative estimate of drug-likeness (QED) is 0.495. The maximum atomic E-state index is 11.3. The van der Waals surface area contributed by atoms with Gasteiger partial charge in [-0.25, -0.2) is 0 Å². The van der Waals surface area contributed by atoms with Crippen LogP contribution in [0.4, 0.5) is 0 Å². The summed E-state index contributed by atoms with van der Waals surface area (Å²) >= 11 is 0. The first-order valence-electron chi connectivity index (χ1n) is 4.45. The average molecular weight is 165 g/mol. The van der Waals surface area contributed by atoms with Crippen molar-refractivity contribution in [2.24, 2.45) is 5.92 Å². The van der Waals surface area contributed by atoms with Crippen LogP contribution in [0.1, 0.15) is 26.7 Å². The lowest BCUT2D eigenvalue weighted by Crippen LogP contribution is -2.37. The fourth-order valence-corrected chi connectivity index (χ4v) is 1.40. The minimum Gasteiger partial charge on any atom is -0.332 e. The monoisotopic (exact) mass is 165 g/mol. The molecule has 1 heterocycles. The van der Waals surface area contributed by atoms with Gasteiger partial charge in [0.25, 0.3) is 5.91 Å². The number of nitrogens with zero attached hydrogens (tertiary/aromatic N) is 1. The molecule has 1 rings (SSSR count). The zero-order chi connectivity index (χ0) is 8.97. The van der Waals surface area contributed by atoms with Crippen molar-refractivity contribution in [1.82, 2.24) is 4.90 Å². The zero-order valence-electron chi connectivity index (χ0n) is 7.76. The van der Waals surface area contributed by atoms with Crippen molar-refractivity contribution in [1.29, 1.82) is 0 Å². The van der Waals surface area contributed by atoms with Crippen LogP contribution in [0.25, 0.3) is 0 Å². The predicted molar refractivity (Wildman–Crippen MR) is 48.4 cm³/mol. The Hall–Kier alpha value is -0.970. The lowest BCUT2D eigenvalue weighted by Gasteiger charge is -2.28. The van der Waals surface area contributed by atoms with Crippen molar-refractivity contribution in [2.75, 3.05) is 13.1 Å². The Balaban J connectivity index is 2.42. The second-order valence-electron chi connectivity index (χ2n) is 3.35. The van der Waals surface area contributed by atoms with Gasteiger partial charge in [0.2, 0.25) is 0 Å². The number of hydrogen-bond acceptors (Lipinski definition) is 1. The average Bonchev–Trinajstić information content (AvgIpc) is 2.06. The number of carbonyl (C=O) groups excluding carboxylic acids is 1. The van der Waals surface area contributed by atoms with Gasteiger partial charge in [-0.1, -0.05) is 12.8 Å². The van der Waals surface area contributed by atoms with Gasteiger partial charge in [0.05, 0.1) is 0 Å². The molecule has 0 spiro atoms. The first-order chi connectivity index (χ1) is 5.74. The highest BCUT2D eigenvalue weighted by atomic mass is 16.2. The standard InChI is InChI=1S/C10H15NO/c1-3-4-10(12)11-7-5-9(2)6-8-11/h9H,5-8H2,1-2H3. The van der Waals surface area contributed by atoms with E-state index < -0.39 is 0 Å². The van der Waals surface area contributed by atoms with Crippen molar-refractivity contribution in [3.8, 4) is 11.8 Å². The fraction of sp³-hybridized carbons (Fsp3) is 0.700. The van der Waals surface area contributed by atoms with Crippen molar-refractivity contribution in [2.45, 2.75) is 26.7 Å². The molecule has 0 aromatic heterocycles. The van der Waals surface area contributed by atoms with Crippen LogP contribution in [0.3, 0.4) is 0 Å². The van der Waals surface area contributed by atoms with Gasteiger partial charge in [-0.05, 0) is 31.6 Å². The summed E-state index contributed by atoms with van der Waals surface area (Å²) in [6, 6.07) is 0. The number of likely N-dealkylation sites (tertiary alicyclic amines) is 1. The van der Waals surface area contributed by atoms with Gasteiger partial charge in [0, 0.05) is 13.1 Å². The third-order valence-corrected chi connectivity index (χ3v) is 2.30. The molecule has 1 fully saturated rings. The Morgan fingerprint density at radius 2 is 2.00 bits per heavy atom. The number of amides is 1. The molecule has 0 aromatic carbocycles. The summed E-state index contributed by atoms with van der Waals surface area (Å²) in [5.74, 6) is 5.96. The van der Waals surface area contributed by atoms with Crippen LogP contribution >= 0.6 is 0 Å². The van der Waals surface area contributed by atoms with Crippen LogP contribution in [-0.4, -0.2) is 23.9 Å². The zero-order valence-corrected chi connectivity index (χ0v) is 7.76. The third-order valence-electron chi connectivity index (χ3n) is 2.30. The minimum atomic E-state index is -0.00981. The SMILES string of the molecule is CC#CC(=O)N1CCC(C)CC1. The van der Waals surface area contributed by atoms with Gasteiger partial charge in [-0.2, -0.15) is 0 Å². The van der Waals surface area contributed by atoms with Gasteiger partial charge in [-0.15, -0.1) is 0 Å². The fourth-order valence-electron chi connectivity index (χ4n) is 1.40. The summed E-state index contributed by atoms with van der Waals surface area (Å²) in [5, 5.41) is 0. The molecule has 0 radical (unpaired) electrons. The van der Waals surface area contributed by atoms with E-state index in [2.05, 4.69) is 18.8 Å². The van der Waals surface area contributed by atoms with Gasteiger partial charge in [0.1, 0.15) is 0 Å². The number of hydrogen-bond donors (Lipinski definition) is 0. The van der Waals surface area contributed by atoms with Gasteiger partial charge < -0.3 is 4.90 Å². The Labute approximate surface area is 73.9 Å². The van der Waals surface area contributed by atoms with E-state index in [-0.39, 0.29) is 5.91 Å². The first kappa shape index (κ1) is 9.12. The number of carbonyl (C=O) groups is 1. The van der Waals surface area contributed by atoms with E-state index in [9.17, 15) is 4.79 Å². The predicted octanol–water partition coefficient (Wildman–Crippen LogP) is 1.27. The first-order valence-corrected chi connectivity index (χ1v) is 4.45. The molecule has 0 aromatic rings. The molecule has 0 unspecified atom stereocenters. The highest BCUT2D eigenvalue weighted by Gasteiger charge is 2.18. The topological polar surface area (TPSA) is 20.3 Å². The maximum Gasteiger partial charge on any atom is 0.298 e. The molecule has 1 aliphatic heterocycles. The Bertz CT molecular complexity index is 216. The molecule has 0 saturated carbocycles. The van der Waals surface area contributed by atoms with Gasteiger partial charge in [0.15, 0.2) is 0 Å². The second-order valence-corrected chi connectivity index (χ2v) is 3.35. The molecule has 0 N–H and O–H groups in total. The Morgan fingerprint density at radius 1 is 1.42 bits per heavy atom. The van der Waals surface area contributed by atoms with Crippen LogP contribution in [0, 0.1) is 17.8 Å². The summed E-state index contributed by atoms with van der Waals surface area (Å²) in [7, 11) is 0. The van der Waals surface area contributed by atoms with Crippen molar-refractivity contribution in [3.63, 3.8) is 0 Å². The largest absolute Gasteiger partial charge is 0.332 e. The van der Waals surface area contributed by atoms with E-state index in [4.69, 9.17) is 0 Å². The molecule has 1 amide bonds.